The number of carbonyl (C=O) groups excluding carboxylic acids is 1. The minimum absolute atomic E-state index is 0.0294. The molecule has 0 unspecified atom stereocenters. The third-order valence-corrected chi connectivity index (χ3v) is 7.04. The summed E-state index contributed by atoms with van der Waals surface area (Å²) in [5.74, 6) is 0.609. The number of hydrogen-bond acceptors (Lipinski definition) is 6. The fraction of sp³-hybridized carbons (Fsp3) is 0.250. The normalized spacial score (nSPS) is 12.4. The Morgan fingerprint density at radius 1 is 1.05 bits per heavy atom. The van der Waals surface area contributed by atoms with Crippen molar-refractivity contribution in [2.45, 2.75) is 19.9 Å². The van der Waals surface area contributed by atoms with Crippen LogP contribution in [0.2, 0.25) is 5.02 Å². The van der Waals surface area contributed by atoms with Crippen molar-refractivity contribution in [1.82, 2.24) is 5.32 Å². The number of fused-ring (bicyclic) bond motifs is 1. The van der Waals surface area contributed by atoms with E-state index in [-0.39, 0.29) is 18.5 Å². The summed E-state index contributed by atoms with van der Waals surface area (Å²) in [6.45, 7) is 4.37. The first-order chi connectivity index (χ1) is 18.1. The van der Waals surface area contributed by atoms with Crippen molar-refractivity contribution in [3.63, 3.8) is 0 Å². The van der Waals surface area contributed by atoms with E-state index in [4.69, 9.17) is 25.3 Å². The molecule has 3 N–H and O–H groups in total. The lowest BCUT2D eigenvalue weighted by Crippen LogP contribution is -2.32. The summed E-state index contributed by atoms with van der Waals surface area (Å²) in [7, 11) is -4.13. The van der Waals surface area contributed by atoms with Crippen molar-refractivity contribution in [3.05, 3.63) is 83.4 Å². The number of rotatable bonds is 11. The number of halogens is 1. The maximum absolute atomic E-state index is 12.2. The maximum atomic E-state index is 12.2. The summed E-state index contributed by atoms with van der Waals surface area (Å²) < 4.78 is 42.3. The molecule has 1 heterocycles. The number of benzene rings is 3. The molecular formula is C28H29ClN2O6S. The van der Waals surface area contributed by atoms with E-state index in [0.29, 0.717) is 28.7 Å². The zero-order valence-electron chi connectivity index (χ0n) is 21.0. The molecule has 1 atom stereocenters. The van der Waals surface area contributed by atoms with Gasteiger partial charge in [0.05, 0.1) is 16.8 Å². The van der Waals surface area contributed by atoms with E-state index in [1.165, 1.54) is 0 Å². The van der Waals surface area contributed by atoms with E-state index >= 15 is 0 Å². The average Bonchev–Trinajstić information content (AvgIpc) is 3.30. The van der Waals surface area contributed by atoms with Gasteiger partial charge < -0.3 is 19.8 Å². The minimum Gasteiger partial charge on any atom is -0.491 e. The molecule has 3 aromatic carbocycles. The molecule has 1 amide bonds. The average molecular weight is 557 g/mol. The summed E-state index contributed by atoms with van der Waals surface area (Å²) in [5, 5.41) is 7.43. The number of carbonyl (C=O) groups is 1. The summed E-state index contributed by atoms with van der Waals surface area (Å²) in [4.78, 5) is 12.2. The Morgan fingerprint density at radius 2 is 1.79 bits per heavy atom. The van der Waals surface area contributed by atoms with Crippen molar-refractivity contribution >= 4 is 44.3 Å². The fourth-order valence-corrected chi connectivity index (χ4v) is 4.44. The van der Waals surface area contributed by atoms with Gasteiger partial charge in [0.2, 0.25) is 0 Å². The van der Waals surface area contributed by atoms with E-state index in [2.05, 4.69) is 24.5 Å². The van der Waals surface area contributed by atoms with Crippen LogP contribution in [0.15, 0.2) is 77.2 Å². The van der Waals surface area contributed by atoms with E-state index < -0.39 is 21.8 Å². The first-order valence-electron chi connectivity index (χ1n) is 12.1. The molecule has 0 spiro atoms. The Labute approximate surface area is 226 Å². The van der Waals surface area contributed by atoms with Crippen molar-refractivity contribution in [2.24, 2.45) is 5.92 Å². The Kier molecular flexibility index (Phi) is 8.61. The zero-order valence-corrected chi connectivity index (χ0v) is 22.6. The lowest BCUT2D eigenvalue weighted by Gasteiger charge is -2.24. The highest BCUT2D eigenvalue weighted by Crippen LogP contribution is 2.34. The van der Waals surface area contributed by atoms with Gasteiger partial charge in [0.1, 0.15) is 23.7 Å². The topological polar surface area (TPSA) is 118 Å². The van der Waals surface area contributed by atoms with E-state index in [1.54, 1.807) is 30.3 Å². The van der Waals surface area contributed by atoms with Gasteiger partial charge in [-0.25, -0.2) is 0 Å². The molecule has 0 aliphatic rings. The first kappa shape index (κ1) is 27.5. The summed E-state index contributed by atoms with van der Waals surface area (Å²) in [5.41, 5.74) is 2.77. The van der Waals surface area contributed by atoms with E-state index in [1.807, 2.05) is 42.5 Å². The number of amides is 1. The molecule has 0 saturated carbocycles. The molecule has 8 nitrogen and oxygen atoms in total. The first-order valence-corrected chi connectivity index (χ1v) is 14.1. The molecule has 10 heteroatoms. The van der Waals surface area contributed by atoms with Gasteiger partial charge in [-0.2, -0.15) is 8.42 Å². The van der Waals surface area contributed by atoms with Gasteiger partial charge >= 0.3 is 0 Å². The molecule has 4 aromatic rings. The smallest absolute Gasteiger partial charge is 0.266 e. The summed E-state index contributed by atoms with van der Waals surface area (Å²) >= 11 is 6.56. The molecule has 1 aromatic heterocycles. The SMILES string of the molecule is CC(C)[C@@H](COc1ccc(-c2cc3ccccc3o2)c(Cl)c1)Nc1ccc(C(=O)NCCS(=O)(=O)O)cc1. The second-order valence-electron chi connectivity index (χ2n) is 9.22. The second kappa shape index (κ2) is 11.9. The van der Waals surface area contributed by atoms with Crippen LogP contribution in [0, 0.1) is 5.92 Å². The highest BCUT2D eigenvalue weighted by Gasteiger charge is 2.16. The van der Waals surface area contributed by atoms with Crippen LogP contribution in [0.25, 0.3) is 22.3 Å². The number of nitrogens with one attached hydrogen (secondary N) is 2. The van der Waals surface area contributed by atoms with Gasteiger partial charge in [0.15, 0.2) is 0 Å². The molecule has 38 heavy (non-hydrogen) atoms. The molecular weight excluding hydrogens is 528 g/mol. The van der Waals surface area contributed by atoms with Gasteiger partial charge in [-0.1, -0.05) is 43.6 Å². The molecule has 0 fully saturated rings. The summed E-state index contributed by atoms with van der Waals surface area (Å²) in [6.07, 6.45) is 0. The molecule has 0 aliphatic carbocycles. The van der Waals surface area contributed by atoms with Crippen LogP contribution in [0.4, 0.5) is 5.69 Å². The largest absolute Gasteiger partial charge is 0.491 e. The van der Waals surface area contributed by atoms with Crippen LogP contribution < -0.4 is 15.4 Å². The number of furan rings is 1. The predicted octanol–water partition coefficient (Wildman–Crippen LogP) is 5.89. The molecule has 0 saturated heterocycles. The van der Waals surface area contributed by atoms with Crippen LogP contribution in [-0.4, -0.2) is 43.8 Å². The third-order valence-electron chi connectivity index (χ3n) is 6.01. The molecule has 0 bridgehead atoms. The van der Waals surface area contributed by atoms with E-state index in [9.17, 15) is 13.2 Å². The van der Waals surface area contributed by atoms with Crippen LogP contribution in [-0.2, 0) is 10.1 Å². The molecule has 0 radical (unpaired) electrons. The predicted molar refractivity (Wildman–Crippen MR) is 150 cm³/mol. The number of para-hydroxylation sites is 1. The van der Waals surface area contributed by atoms with Crippen molar-refractivity contribution in [1.29, 1.82) is 0 Å². The Morgan fingerprint density at radius 3 is 2.45 bits per heavy atom. The molecule has 0 aliphatic heterocycles. The maximum Gasteiger partial charge on any atom is 0.266 e. The van der Waals surface area contributed by atoms with Gasteiger partial charge in [-0.15, -0.1) is 0 Å². The van der Waals surface area contributed by atoms with Gasteiger partial charge in [0.25, 0.3) is 16.0 Å². The summed E-state index contributed by atoms with van der Waals surface area (Å²) in [6, 6.07) is 22.1. The van der Waals surface area contributed by atoms with Gasteiger partial charge in [-0.05, 0) is 60.5 Å². The van der Waals surface area contributed by atoms with E-state index in [0.717, 1.165) is 22.2 Å². The Balaban J connectivity index is 1.35. The highest BCUT2D eigenvalue weighted by molar-refractivity contribution is 7.85. The lowest BCUT2D eigenvalue weighted by atomic mass is 10.0. The monoisotopic (exact) mass is 556 g/mol. The quantitative estimate of drug-likeness (QED) is 0.197. The van der Waals surface area contributed by atoms with Gasteiger partial charge in [-0.3, -0.25) is 9.35 Å². The van der Waals surface area contributed by atoms with Crippen molar-refractivity contribution in [3.8, 4) is 17.1 Å². The lowest BCUT2D eigenvalue weighted by molar-refractivity contribution is 0.0956. The number of anilines is 1. The Hall–Kier alpha value is -3.53. The third kappa shape index (κ3) is 7.28. The molecule has 200 valence electrons. The zero-order chi connectivity index (χ0) is 27.3. The number of hydrogen-bond donors (Lipinski definition) is 3. The fourth-order valence-electron chi connectivity index (χ4n) is 3.81. The van der Waals surface area contributed by atoms with Crippen LogP contribution in [0.3, 0.4) is 0 Å². The Bertz CT molecular complexity index is 1480. The molecule has 4 rings (SSSR count). The second-order valence-corrected chi connectivity index (χ2v) is 11.2. The minimum atomic E-state index is -4.13. The van der Waals surface area contributed by atoms with Crippen molar-refractivity contribution < 1.29 is 26.9 Å². The van der Waals surface area contributed by atoms with Crippen LogP contribution in [0.1, 0.15) is 24.2 Å². The van der Waals surface area contributed by atoms with Crippen molar-refractivity contribution in [2.75, 3.05) is 24.2 Å². The van der Waals surface area contributed by atoms with Gasteiger partial charge in [0, 0.05) is 28.7 Å². The van der Waals surface area contributed by atoms with Crippen LogP contribution >= 0.6 is 11.6 Å². The van der Waals surface area contributed by atoms with Crippen LogP contribution in [0.5, 0.6) is 5.75 Å². The standard InChI is InChI=1S/C28H29ClN2O6S/c1-18(2)25(31-21-9-7-19(8-10-21)28(32)30-13-14-38(33,34)35)17-36-22-11-12-23(24(29)16-22)27-15-20-5-3-4-6-26(20)37-27/h3-12,15-16,18,25,31H,13-14,17H2,1-2H3,(H,30,32)(H,33,34,35)/t25-/m1/s1. The highest BCUT2D eigenvalue weighted by atomic mass is 35.5. The number of ether oxygens (including phenoxy) is 1.